The van der Waals surface area contributed by atoms with Crippen LogP contribution in [0.2, 0.25) is 0 Å². The lowest BCUT2D eigenvalue weighted by atomic mass is 10.1. The molecule has 0 spiro atoms. The first-order valence-electron chi connectivity index (χ1n) is 9.56. The highest BCUT2D eigenvalue weighted by Crippen LogP contribution is 2.36. The number of hydrogen-bond acceptors (Lipinski definition) is 8. The molecule has 10 heteroatoms. The van der Waals surface area contributed by atoms with Crippen molar-refractivity contribution in [1.82, 2.24) is 5.01 Å². The molecule has 1 saturated heterocycles. The number of anilines is 2. The molecule has 2 aromatic carbocycles. The van der Waals surface area contributed by atoms with Crippen LogP contribution >= 0.6 is 0 Å². The molecule has 2 aliphatic rings. The molecule has 2 aliphatic heterocycles. The molecule has 0 unspecified atom stereocenters. The van der Waals surface area contributed by atoms with Crippen molar-refractivity contribution in [1.29, 1.82) is 0 Å². The van der Waals surface area contributed by atoms with Gasteiger partial charge in [-0.2, -0.15) is 5.11 Å². The van der Waals surface area contributed by atoms with Gasteiger partial charge in [0.25, 0.3) is 11.8 Å². The number of rotatable bonds is 6. The van der Waals surface area contributed by atoms with Crippen LogP contribution in [0.4, 0.5) is 11.4 Å². The summed E-state index contributed by atoms with van der Waals surface area (Å²) in [7, 11) is 2.96. The first kappa shape index (κ1) is 20.3. The maximum Gasteiger partial charge on any atom is 0.263 e. The third-order valence-corrected chi connectivity index (χ3v) is 5.09. The molecule has 2 aromatic rings. The quantitative estimate of drug-likeness (QED) is 0.711. The van der Waals surface area contributed by atoms with Gasteiger partial charge in [-0.25, -0.2) is 4.90 Å². The lowest BCUT2D eigenvalue weighted by Crippen LogP contribution is -2.43. The number of nitrogens with zero attached hydrogens (tertiary/aromatic N) is 4. The molecule has 0 bridgehead atoms. The second-order valence-corrected chi connectivity index (χ2v) is 7.16. The SMILES string of the molecule is COc1ccc(N2C(=O)[C@@H]3[C@@H](N=NN3CC(=O)Nc3cccc(C)c3)C2=O)cc1OC. The van der Waals surface area contributed by atoms with Gasteiger partial charge in [0.05, 0.1) is 19.9 Å². The second kappa shape index (κ2) is 8.05. The number of hydrogen-bond donors (Lipinski definition) is 1. The first-order valence-corrected chi connectivity index (χ1v) is 9.56. The van der Waals surface area contributed by atoms with E-state index >= 15 is 0 Å². The van der Waals surface area contributed by atoms with Gasteiger partial charge in [0.1, 0.15) is 6.54 Å². The molecular formula is C21H21N5O5. The van der Waals surface area contributed by atoms with E-state index in [0.29, 0.717) is 22.9 Å². The van der Waals surface area contributed by atoms with Crippen LogP contribution in [0.15, 0.2) is 52.8 Å². The van der Waals surface area contributed by atoms with Crippen LogP contribution in [0.25, 0.3) is 0 Å². The molecular weight excluding hydrogens is 402 g/mol. The van der Waals surface area contributed by atoms with E-state index in [1.165, 1.54) is 19.2 Å². The summed E-state index contributed by atoms with van der Waals surface area (Å²) in [6.07, 6.45) is 0. The zero-order valence-corrected chi connectivity index (χ0v) is 17.2. The summed E-state index contributed by atoms with van der Waals surface area (Å²) in [5.74, 6) is -0.522. The summed E-state index contributed by atoms with van der Waals surface area (Å²) in [6, 6.07) is 10.1. The van der Waals surface area contributed by atoms with Crippen molar-refractivity contribution in [3.05, 3.63) is 48.0 Å². The second-order valence-electron chi connectivity index (χ2n) is 7.16. The third kappa shape index (κ3) is 3.67. The number of fused-ring (bicyclic) bond motifs is 1. The topological polar surface area (TPSA) is 113 Å². The van der Waals surface area contributed by atoms with E-state index < -0.39 is 23.9 Å². The van der Waals surface area contributed by atoms with Crippen LogP contribution in [0.5, 0.6) is 11.5 Å². The first-order chi connectivity index (χ1) is 14.9. The van der Waals surface area contributed by atoms with Gasteiger partial charge in [-0.05, 0) is 36.8 Å². The standard InChI is InChI=1S/C21H21N5O5/c1-12-5-4-6-13(9-12)22-17(27)11-25-19-18(23-24-25)20(28)26(21(19)29)14-7-8-15(30-2)16(10-14)31-3/h4-10,18-19H,11H2,1-3H3,(H,22,27)/t18-,19+/m1/s1. The molecule has 1 N–H and O–H groups in total. The molecule has 0 aromatic heterocycles. The Morgan fingerprint density at radius 1 is 1.06 bits per heavy atom. The largest absolute Gasteiger partial charge is 0.493 e. The average Bonchev–Trinajstić information content (AvgIpc) is 3.27. The van der Waals surface area contributed by atoms with Crippen molar-refractivity contribution in [3.8, 4) is 11.5 Å². The zero-order valence-electron chi connectivity index (χ0n) is 17.2. The van der Waals surface area contributed by atoms with E-state index in [0.717, 1.165) is 10.5 Å². The van der Waals surface area contributed by atoms with Gasteiger partial charge >= 0.3 is 0 Å². The van der Waals surface area contributed by atoms with Crippen molar-refractivity contribution in [3.63, 3.8) is 0 Å². The fourth-order valence-electron chi connectivity index (χ4n) is 3.64. The maximum absolute atomic E-state index is 13.1. The molecule has 2 heterocycles. The molecule has 0 saturated carbocycles. The number of imide groups is 1. The van der Waals surface area contributed by atoms with Gasteiger partial charge in [-0.3, -0.25) is 19.4 Å². The van der Waals surface area contributed by atoms with Gasteiger partial charge < -0.3 is 14.8 Å². The van der Waals surface area contributed by atoms with E-state index in [9.17, 15) is 14.4 Å². The summed E-state index contributed by atoms with van der Waals surface area (Å²) in [5, 5.41) is 11.8. The number of carbonyl (C=O) groups excluding carboxylic acids is 3. The lowest BCUT2D eigenvalue weighted by molar-refractivity contribution is -0.123. The molecule has 1 fully saturated rings. The predicted octanol–water partition coefficient (Wildman–Crippen LogP) is 1.94. The summed E-state index contributed by atoms with van der Waals surface area (Å²) in [4.78, 5) is 39.5. The van der Waals surface area contributed by atoms with Crippen molar-refractivity contribution >= 4 is 29.1 Å². The minimum absolute atomic E-state index is 0.211. The highest BCUT2D eigenvalue weighted by molar-refractivity contribution is 6.25. The third-order valence-electron chi connectivity index (χ3n) is 5.09. The smallest absolute Gasteiger partial charge is 0.263 e. The summed E-state index contributed by atoms with van der Waals surface area (Å²) >= 11 is 0. The Bertz CT molecular complexity index is 1090. The Labute approximate surface area is 178 Å². The molecule has 3 amide bonds. The fourth-order valence-corrected chi connectivity index (χ4v) is 3.64. The Balaban J connectivity index is 1.51. The van der Waals surface area contributed by atoms with E-state index in [-0.39, 0.29) is 12.5 Å². The minimum atomic E-state index is -0.993. The van der Waals surface area contributed by atoms with Gasteiger partial charge in [-0.15, -0.1) is 0 Å². The normalized spacial score (nSPS) is 19.6. The number of amides is 3. The van der Waals surface area contributed by atoms with Gasteiger partial charge in [0, 0.05) is 11.8 Å². The zero-order chi connectivity index (χ0) is 22.1. The Morgan fingerprint density at radius 3 is 2.55 bits per heavy atom. The maximum atomic E-state index is 13.1. The van der Waals surface area contributed by atoms with Crippen LogP contribution in [-0.2, 0) is 14.4 Å². The molecule has 0 radical (unpaired) electrons. The van der Waals surface area contributed by atoms with Crippen molar-refractivity contribution < 1.29 is 23.9 Å². The number of benzene rings is 2. The number of carbonyl (C=O) groups is 3. The predicted molar refractivity (Wildman–Crippen MR) is 111 cm³/mol. The van der Waals surface area contributed by atoms with Crippen molar-refractivity contribution in [2.75, 3.05) is 31.0 Å². The van der Waals surface area contributed by atoms with Crippen LogP contribution < -0.4 is 19.7 Å². The van der Waals surface area contributed by atoms with E-state index in [1.807, 2.05) is 25.1 Å². The lowest BCUT2D eigenvalue weighted by Gasteiger charge is -2.20. The number of ether oxygens (including phenoxy) is 2. The number of nitrogens with one attached hydrogen (secondary N) is 1. The van der Waals surface area contributed by atoms with E-state index in [1.54, 1.807) is 24.3 Å². The fraction of sp³-hybridized carbons (Fsp3) is 0.286. The highest BCUT2D eigenvalue weighted by Gasteiger charge is 2.55. The molecule has 4 rings (SSSR count). The minimum Gasteiger partial charge on any atom is -0.493 e. The molecule has 160 valence electrons. The van der Waals surface area contributed by atoms with Gasteiger partial charge in [0.15, 0.2) is 23.6 Å². The van der Waals surface area contributed by atoms with Crippen LogP contribution in [0.3, 0.4) is 0 Å². The van der Waals surface area contributed by atoms with Gasteiger partial charge in [-0.1, -0.05) is 17.4 Å². The van der Waals surface area contributed by atoms with Crippen LogP contribution in [0, 0.1) is 6.92 Å². The van der Waals surface area contributed by atoms with E-state index in [4.69, 9.17) is 9.47 Å². The molecule has 0 aliphatic carbocycles. The monoisotopic (exact) mass is 423 g/mol. The van der Waals surface area contributed by atoms with Crippen molar-refractivity contribution in [2.45, 2.75) is 19.0 Å². The van der Waals surface area contributed by atoms with E-state index in [2.05, 4.69) is 15.7 Å². The summed E-state index contributed by atoms with van der Waals surface area (Å²) in [5.41, 5.74) is 1.97. The Morgan fingerprint density at radius 2 is 1.84 bits per heavy atom. The van der Waals surface area contributed by atoms with Gasteiger partial charge in [0.2, 0.25) is 5.91 Å². The average molecular weight is 423 g/mol. The van der Waals surface area contributed by atoms with Crippen LogP contribution in [-0.4, -0.2) is 55.6 Å². The Kier molecular flexibility index (Phi) is 5.28. The summed E-state index contributed by atoms with van der Waals surface area (Å²) in [6.45, 7) is 1.71. The Hall–Kier alpha value is -3.95. The molecule has 10 nitrogen and oxygen atoms in total. The van der Waals surface area contributed by atoms with Crippen molar-refractivity contribution in [2.24, 2.45) is 10.3 Å². The number of methoxy groups -OCH3 is 2. The highest BCUT2D eigenvalue weighted by atomic mass is 16.5. The van der Waals surface area contributed by atoms with Crippen LogP contribution in [0.1, 0.15) is 5.56 Å². The summed E-state index contributed by atoms with van der Waals surface area (Å²) < 4.78 is 10.5. The number of aryl methyl sites for hydroxylation is 1. The molecule has 31 heavy (non-hydrogen) atoms. The molecule has 2 atom stereocenters.